The average Bonchev–Trinajstić information content (AvgIpc) is 2.52. The lowest BCUT2D eigenvalue weighted by Gasteiger charge is -2.04. The van der Waals surface area contributed by atoms with Gasteiger partial charge in [0.15, 0.2) is 0 Å². The van der Waals surface area contributed by atoms with Crippen molar-refractivity contribution in [3.63, 3.8) is 0 Å². The van der Waals surface area contributed by atoms with Crippen LogP contribution in [0.2, 0.25) is 0 Å². The molecule has 0 aliphatic carbocycles. The maximum atomic E-state index is 5.56. The summed E-state index contributed by atoms with van der Waals surface area (Å²) in [6.45, 7) is 0. The normalized spacial score (nSPS) is 10.2. The van der Waals surface area contributed by atoms with Gasteiger partial charge in [-0.1, -0.05) is 36.4 Å². The molecule has 4 heteroatoms. The van der Waals surface area contributed by atoms with Crippen molar-refractivity contribution in [2.45, 2.75) is 12.8 Å². The minimum atomic E-state index is 0.916. The smallest absolute Gasteiger partial charge is 0.137 e. The van der Waals surface area contributed by atoms with E-state index in [4.69, 9.17) is 8.37 Å². The summed E-state index contributed by atoms with van der Waals surface area (Å²) in [5.74, 6) is 3.83. The van der Waals surface area contributed by atoms with E-state index in [2.05, 4.69) is 0 Å². The van der Waals surface area contributed by atoms with E-state index >= 15 is 0 Å². The summed E-state index contributed by atoms with van der Waals surface area (Å²) >= 11 is 3.02. The van der Waals surface area contributed by atoms with Crippen LogP contribution in [0.4, 0.5) is 0 Å². The zero-order valence-electron chi connectivity index (χ0n) is 11.2. The Bertz CT molecular complexity index is 417. The maximum absolute atomic E-state index is 5.56. The molecule has 2 aromatic rings. The molecule has 2 aromatic carbocycles. The summed E-state index contributed by atoms with van der Waals surface area (Å²) in [6, 6.07) is 19.8. The molecule has 0 fully saturated rings. The molecule has 0 N–H and O–H groups in total. The van der Waals surface area contributed by atoms with Crippen molar-refractivity contribution >= 4 is 24.1 Å². The summed E-state index contributed by atoms with van der Waals surface area (Å²) in [5, 5.41) is 0. The third kappa shape index (κ3) is 6.26. The van der Waals surface area contributed by atoms with Crippen molar-refractivity contribution in [2.75, 3.05) is 11.5 Å². The molecule has 0 saturated heterocycles. The van der Waals surface area contributed by atoms with Crippen LogP contribution in [0.3, 0.4) is 0 Å². The van der Waals surface area contributed by atoms with E-state index in [-0.39, 0.29) is 0 Å². The van der Waals surface area contributed by atoms with Crippen molar-refractivity contribution in [3.05, 3.63) is 60.7 Å². The Hall–Kier alpha value is -1.26. The second kappa shape index (κ2) is 9.61. The zero-order valence-corrected chi connectivity index (χ0v) is 12.9. The van der Waals surface area contributed by atoms with Crippen LogP contribution < -0.4 is 8.37 Å². The van der Waals surface area contributed by atoms with E-state index < -0.39 is 0 Å². The molecule has 2 nitrogen and oxygen atoms in total. The van der Waals surface area contributed by atoms with E-state index in [1.54, 1.807) is 0 Å². The first-order valence-electron chi connectivity index (χ1n) is 6.64. The SMILES string of the molecule is c1ccc(OSCCCCSOc2ccccc2)cc1. The molecule has 0 amide bonds. The van der Waals surface area contributed by atoms with Gasteiger partial charge < -0.3 is 8.37 Å². The van der Waals surface area contributed by atoms with Gasteiger partial charge in [-0.3, -0.25) is 0 Å². The summed E-state index contributed by atoms with van der Waals surface area (Å²) in [4.78, 5) is 0. The lowest BCUT2D eigenvalue weighted by atomic mass is 10.3. The number of unbranched alkanes of at least 4 members (excludes halogenated alkanes) is 1. The van der Waals surface area contributed by atoms with E-state index in [0.29, 0.717) is 0 Å². The summed E-state index contributed by atoms with van der Waals surface area (Å²) < 4.78 is 11.1. The minimum Gasteiger partial charge on any atom is -0.426 e. The van der Waals surface area contributed by atoms with Crippen LogP contribution in [0.5, 0.6) is 11.5 Å². The number of rotatable bonds is 9. The highest BCUT2D eigenvalue weighted by atomic mass is 32.2. The van der Waals surface area contributed by atoms with Gasteiger partial charge in [0.1, 0.15) is 11.5 Å². The molecule has 0 atom stereocenters. The van der Waals surface area contributed by atoms with Gasteiger partial charge in [0.05, 0.1) is 24.1 Å². The molecular formula is C16H18O2S2. The molecule has 0 aromatic heterocycles. The highest BCUT2D eigenvalue weighted by Crippen LogP contribution is 2.18. The molecule has 0 aliphatic heterocycles. The van der Waals surface area contributed by atoms with E-state index in [1.807, 2.05) is 60.7 Å². The zero-order chi connectivity index (χ0) is 13.9. The van der Waals surface area contributed by atoms with Crippen molar-refractivity contribution in [1.29, 1.82) is 0 Å². The van der Waals surface area contributed by atoms with Gasteiger partial charge in [0.2, 0.25) is 0 Å². The van der Waals surface area contributed by atoms with Crippen molar-refractivity contribution in [1.82, 2.24) is 0 Å². The highest BCUT2D eigenvalue weighted by Gasteiger charge is 1.96. The molecule has 0 bridgehead atoms. The standard InChI is InChI=1S/C16H18O2S2/c1-3-9-15(10-4-1)17-19-13-7-8-14-20-18-16-11-5-2-6-12-16/h1-6,9-12H,7-8,13-14H2. The fourth-order valence-electron chi connectivity index (χ4n) is 1.49. The monoisotopic (exact) mass is 306 g/mol. The fourth-order valence-corrected chi connectivity index (χ4v) is 2.80. The van der Waals surface area contributed by atoms with E-state index in [1.165, 1.54) is 24.1 Å². The van der Waals surface area contributed by atoms with Crippen LogP contribution in [-0.4, -0.2) is 11.5 Å². The Morgan fingerprint density at radius 3 is 1.40 bits per heavy atom. The summed E-state index contributed by atoms with van der Waals surface area (Å²) in [6.07, 6.45) is 2.26. The highest BCUT2D eigenvalue weighted by molar-refractivity contribution is 7.95. The molecule has 0 radical (unpaired) electrons. The molecule has 0 heterocycles. The number of hydrogen-bond donors (Lipinski definition) is 0. The Morgan fingerprint density at radius 2 is 1.00 bits per heavy atom. The largest absolute Gasteiger partial charge is 0.426 e. The van der Waals surface area contributed by atoms with Gasteiger partial charge in [-0.05, 0) is 37.1 Å². The number of benzene rings is 2. The molecule has 0 saturated carbocycles. The van der Waals surface area contributed by atoms with Gasteiger partial charge >= 0.3 is 0 Å². The first kappa shape index (κ1) is 15.1. The van der Waals surface area contributed by atoms with Crippen LogP contribution in [0.1, 0.15) is 12.8 Å². The average molecular weight is 306 g/mol. The Labute approximate surface area is 129 Å². The minimum absolute atomic E-state index is 0.916. The lowest BCUT2D eigenvalue weighted by Crippen LogP contribution is -1.90. The van der Waals surface area contributed by atoms with Crippen molar-refractivity contribution < 1.29 is 8.37 Å². The fraction of sp³-hybridized carbons (Fsp3) is 0.250. The third-order valence-corrected chi connectivity index (χ3v) is 4.03. The molecule has 0 spiro atoms. The van der Waals surface area contributed by atoms with Gasteiger partial charge in [0.25, 0.3) is 0 Å². The Balaban J connectivity index is 1.44. The quantitative estimate of drug-likeness (QED) is 0.467. The lowest BCUT2D eigenvalue weighted by molar-refractivity contribution is 0.638. The predicted octanol–water partition coefficient (Wildman–Crippen LogP) is 5.22. The Kier molecular flexibility index (Phi) is 7.28. The van der Waals surface area contributed by atoms with Gasteiger partial charge in [-0.25, -0.2) is 0 Å². The van der Waals surface area contributed by atoms with Crippen LogP contribution in [-0.2, 0) is 0 Å². The van der Waals surface area contributed by atoms with E-state index in [9.17, 15) is 0 Å². The molecular weight excluding hydrogens is 288 g/mol. The first-order chi connectivity index (χ1) is 9.95. The molecule has 0 unspecified atom stereocenters. The first-order valence-corrected chi connectivity index (χ1v) is 8.46. The Morgan fingerprint density at radius 1 is 0.600 bits per heavy atom. The molecule has 2 rings (SSSR count). The maximum Gasteiger partial charge on any atom is 0.137 e. The summed E-state index contributed by atoms with van der Waals surface area (Å²) in [5.41, 5.74) is 0. The second-order valence-electron chi connectivity index (χ2n) is 4.14. The molecule has 106 valence electrons. The van der Waals surface area contributed by atoms with Gasteiger partial charge in [-0.15, -0.1) is 0 Å². The van der Waals surface area contributed by atoms with Crippen LogP contribution in [0, 0.1) is 0 Å². The second-order valence-corrected chi connectivity index (χ2v) is 5.77. The summed E-state index contributed by atoms with van der Waals surface area (Å²) in [7, 11) is 0. The number of hydrogen-bond acceptors (Lipinski definition) is 4. The topological polar surface area (TPSA) is 18.5 Å². The molecule has 20 heavy (non-hydrogen) atoms. The van der Waals surface area contributed by atoms with Crippen molar-refractivity contribution in [3.8, 4) is 11.5 Å². The van der Waals surface area contributed by atoms with Crippen LogP contribution in [0.15, 0.2) is 60.7 Å². The van der Waals surface area contributed by atoms with Gasteiger partial charge in [-0.2, -0.15) is 0 Å². The predicted molar refractivity (Wildman–Crippen MR) is 88.3 cm³/mol. The van der Waals surface area contributed by atoms with Gasteiger partial charge in [0, 0.05) is 11.5 Å². The third-order valence-electron chi connectivity index (χ3n) is 2.50. The number of para-hydroxylation sites is 2. The van der Waals surface area contributed by atoms with Crippen LogP contribution >= 0.6 is 24.1 Å². The van der Waals surface area contributed by atoms with E-state index in [0.717, 1.165) is 35.8 Å². The van der Waals surface area contributed by atoms with Crippen LogP contribution in [0.25, 0.3) is 0 Å². The van der Waals surface area contributed by atoms with Crippen molar-refractivity contribution in [2.24, 2.45) is 0 Å². The molecule has 0 aliphatic rings.